The number of rotatable bonds is 5. The zero-order valence-electron chi connectivity index (χ0n) is 12.4. The third-order valence-corrected chi connectivity index (χ3v) is 6.04. The van der Waals surface area contributed by atoms with Crippen LogP contribution < -0.4 is 4.72 Å². The van der Waals surface area contributed by atoms with Crippen molar-refractivity contribution in [1.29, 1.82) is 0 Å². The highest BCUT2D eigenvalue weighted by molar-refractivity contribution is 7.89. The Morgan fingerprint density at radius 3 is 2.81 bits per heavy atom. The first-order valence-corrected chi connectivity index (χ1v) is 9.29. The van der Waals surface area contributed by atoms with Crippen molar-refractivity contribution in [2.75, 3.05) is 12.4 Å². The zero-order chi connectivity index (χ0) is 14.9. The van der Waals surface area contributed by atoms with Crippen molar-refractivity contribution in [2.24, 2.45) is 13.0 Å². The quantitative estimate of drug-likeness (QED) is 0.891. The van der Waals surface area contributed by atoms with Crippen molar-refractivity contribution in [3.8, 4) is 0 Å². The number of sulfonamides is 1. The van der Waals surface area contributed by atoms with E-state index in [0.29, 0.717) is 18.9 Å². The summed E-state index contributed by atoms with van der Waals surface area (Å²) in [5.41, 5.74) is 0. The molecule has 2 atom stereocenters. The molecule has 0 unspecified atom stereocenters. The molecule has 21 heavy (non-hydrogen) atoms. The van der Waals surface area contributed by atoms with Gasteiger partial charge < -0.3 is 9.30 Å². The van der Waals surface area contributed by atoms with E-state index in [-0.39, 0.29) is 17.9 Å². The summed E-state index contributed by atoms with van der Waals surface area (Å²) in [5, 5.41) is 0. The maximum Gasteiger partial charge on any atom is 0.212 e. The lowest BCUT2D eigenvalue weighted by Crippen LogP contribution is -2.40. The first-order valence-electron chi connectivity index (χ1n) is 7.64. The van der Waals surface area contributed by atoms with E-state index < -0.39 is 10.0 Å². The van der Waals surface area contributed by atoms with Crippen molar-refractivity contribution in [2.45, 2.75) is 44.2 Å². The third kappa shape index (κ3) is 3.46. The Kier molecular flexibility index (Phi) is 4.33. The van der Waals surface area contributed by atoms with E-state index in [4.69, 9.17) is 4.74 Å². The number of hydrogen-bond donors (Lipinski definition) is 1. The Morgan fingerprint density at radius 2 is 2.14 bits per heavy atom. The van der Waals surface area contributed by atoms with E-state index >= 15 is 0 Å². The minimum atomic E-state index is -3.25. The SMILES string of the molecule is Cn1ccnc1[C@H]1OCC[C@@H]1NS(=O)(=O)CC1CCCC1. The van der Waals surface area contributed by atoms with Crippen molar-refractivity contribution >= 4 is 10.0 Å². The minimum Gasteiger partial charge on any atom is -0.369 e. The van der Waals surface area contributed by atoms with Gasteiger partial charge in [-0.2, -0.15) is 0 Å². The lowest BCUT2D eigenvalue weighted by Gasteiger charge is -2.20. The minimum absolute atomic E-state index is 0.211. The molecule has 1 aliphatic heterocycles. The van der Waals surface area contributed by atoms with Crippen molar-refractivity contribution in [3.05, 3.63) is 18.2 Å². The van der Waals surface area contributed by atoms with Gasteiger partial charge in [0.15, 0.2) is 0 Å². The van der Waals surface area contributed by atoms with Gasteiger partial charge in [-0.05, 0) is 25.2 Å². The van der Waals surface area contributed by atoms with Crippen LogP contribution >= 0.6 is 0 Å². The van der Waals surface area contributed by atoms with Gasteiger partial charge in [0.05, 0.1) is 11.8 Å². The Hall–Kier alpha value is -0.920. The van der Waals surface area contributed by atoms with Crippen LogP contribution in [0.1, 0.15) is 44.0 Å². The number of imidazole rings is 1. The van der Waals surface area contributed by atoms with Crippen LogP contribution in [0, 0.1) is 5.92 Å². The highest BCUT2D eigenvalue weighted by Gasteiger charge is 2.35. The normalized spacial score (nSPS) is 27.5. The lowest BCUT2D eigenvalue weighted by molar-refractivity contribution is 0.0932. The van der Waals surface area contributed by atoms with Crippen LogP contribution in [0.15, 0.2) is 12.4 Å². The number of nitrogens with one attached hydrogen (secondary N) is 1. The molecule has 2 aliphatic rings. The Bertz CT molecular complexity index is 578. The average Bonchev–Trinajstić information content (AvgIpc) is 3.11. The van der Waals surface area contributed by atoms with Gasteiger partial charge in [-0.3, -0.25) is 0 Å². The Labute approximate surface area is 125 Å². The van der Waals surface area contributed by atoms with Crippen LogP contribution in [0.3, 0.4) is 0 Å². The number of ether oxygens (including phenoxy) is 1. The number of nitrogens with zero attached hydrogens (tertiary/aromatic N) is 2. The predicted molar refractivity (Wildman–Crippen MR) is 79.2 cm³/mol. The second-order valence-electron chi connectivity index (χ2n) is 6.13. The number of hydrogen-bond acceptors (Lipinski definition) is 4. The molecular formula is C14H23N3O3S. The monoisotopic (exact) mass is 313 g/mol. The van der Waals surface area contributed by atoms with Gasteiger partial charge in [0.2, 0.25) is 10.0 Å². The molecular weight excluding hydrogens is 290 g/mol. The molecule has 1 aromatic rings. The van der Waals surface area contributed by atoms with Gasteiger partial charge in [-0.15, -0.1) is 0 Å². The van der Waals surface area contributed by atoms with E-state index in [1.807, 2.05) is 17.8 Å². The van der Waals surface area contributed by atoms with Gasteiger partial charge in [0, 0.05) is 26.0 Å². The maximum absolute atomic E-state index is 12.3. The van der Waals surface area contributed by atoms with Crippen molar-refractivity contribution < 1.29 is 13.2 Å². The first kappa shape index (κ1) is 15.0. The van der Waals surface area contributed by atoms with E-state index in [2.05, 4.69) is 9.71 Å². The summed E-state index contributed by atoms with van der Waals surface area (Å²) in [4.78, 5) is 4.28. The van der Waals surface area contributed by atoms with Crippen LogP contribution in [0.2, 0.25) is 0 Å². The highest BCUT2D eigenvalue weighted by Crippen LogP contribution is 2.30. The molecule has 2 fully saturated rings. The van der Waals surface area contributed by atoms with Crippen molar-refractivity contribution in [3.63, 3.8) is 0 Å². The third-order valence-electron chi connectivity index (χ3n) is 4.47. The fourth-order valence-corrected chi connectivity index (χ4v) is 5.13. The molecule has 1 aliphatic carbocycles. The standard InChI is InChI=1S/C14H23N3O3S/c1-17-8-7-15-14(17)13-12(6-9-20-13)16-21(18,19)10-11-4-2-3-5-11/h7-8,11-13,16H,2-6,9-10H2,1H3/t12-,13-/m0/s1. The summed E-state index contributed by atoms with van der Waals surface area (Å²) in [6.07, 6.45) is 8.34. The summed E-state index contributed by atoms with van der Waals surface area (Å²) in [6.45, 7) is 0.564. The predicted octanol–water partition coefficient (Wildman–Crippen LogP) is 1.36. The average molecular weight is 313 g/mol. The molecule has 2 heterocycles. The summed E-state index contributed by atoms with van der Waals surface area (Å²) in [5.74, 6) is 1.34. The zero-order valence-corrected chi connectivity index (χ0v) is 13.2. The number of aromatic nitrogens is 2. The van der Waals surface area contributed by atoms with E-state index in [9.17, 15) is 8.42 Å². The summed E-state index contributed by atoms with van der Waals surface area (Å²) in [7, 11) is -1.36. The largest absolute Gasteiger partial charge is 0.369 e. The topological polar surface area (TPSA) is 73.2 Å². The van der Waals surface area contributed by atoms with E-state index in [1.54, 1.807) is 6.20 Å². The lowest BCUT2D eigenvalue weighted by atomic mass is 10.1. The van der Waals surface area contributed by atoms with Crippen LogP contribution in [0.5, 0.6) is 0 Å². The first-order chi connectivity index (χ1) is 10.1. The van der Waals surface area contributed by atoms with Crippen LogP contribution in [-0.4, -0.2) is 36.4 Å². The van der Waals surface area contributed by atoms with Crippen LogP contribution in [0.4, 0.5) is 0 Å². The van der Waals surface area contributed by atoms with Crippen LogP contribution in [-0.2, 0) is 21.8 Å². The fraction of sp³-hybridized carbons (Fsp3) is 0.786. The van der Waals surface area contributed by atoms with E-state index in [0.717, 1.165) is 31.5 Å². The molecule has 1 saturated carbocycles. The van der Waals surface area contributed by atoms with Crippen LogP contribution in [0.25, 0.3) is 0 Å². The molecule has 6 nitrogen and oxygen atoms in total. The molecule has 0 bridgehead atoms. The molecule has 118 valence electrons. The Morgan fingerprint density at radius 1 is 1.38 bits per heavy atom. The molecule has 1 N–H and O–H groups in total. The molecule has 0 aromatic carbocycles. The summed E-state index contributed by atoms with van der Waals surface area (Å²) >= 11 is 0. The maximum atomic E-state index is 12.3. The second-order valence-corrected chi connectivity index (χ2v) is 7.93. The smallest absolute Gasteiger partial charge is 0.212 e. The fourth-order valence-electron chi connectivity index (χ4n) is 3.38. The molecule has 1 saturated heterocycles. The molecule has 3 rings (SSSR count). The second kappa shape index (κ2) is 6.06. The molecule has 0 amide bonds. The molecule has 7 heteroatoms. The number of aryl methyl sites for hydroxylation is 1. The van der Waals surface area contributed by atoms with Gasteiger partial charge in [0.25, 0.3) is 0 Å². The Balaban J connectivity index is 1.67. The van der Waals surface area contributed by atoms with E-state index in [1.165, 1.54) is 0 Å². The summed E-state index contributed by atoms with van der Waals surface area (Å²) in [6, 6.07) is -0.211. The molecule has 0 radical (unpaired) electrons. The van der Waals surface area contributed by atoms with Crippen molar-refractivity contribution in [1.82, 2.24) is 14.3 Å². The van der Waals surface area contributed by atoms with Gasteiger partial charge >= 0.3 is 0 Å². The molecule has 0 spiro atoms. The van der Waals surface area contributed by atoms with Gasteiger partial charge in [0.1, 0.15) is 11.9 Å². The van der Waals surface area contributed by atoms with Gasteiger partial charge in [-0.25, -0.2) is 18.1 Å². The highest BCUT2D eigenvalue weighted by atomic mass is 32.2. The molecule has 1 aromatic heterocycles. The summed E-state index contributed by atoms with van der Waals surface area (Å²) < 4.78 is 35.1. The van der Waals surface area contributed by atoms with Gasteiger partial charge in [-0.1, -0.05) is 12.8 Å².